The Morgan fingerprint density at radius 3 is 3.10 bits per heavy atom. The zero-order valence-electron chi connectivity index (χ0n) is 12.6. The average Bonchev–Trinajstić information content (AvgIpc) is 2.90. The smallest absolute Gasteiger partial charge is 0.0700 e. The molecule has 1 aromatic heterocycles. The minimum atomic E-state index is 0.457. The second-order valence-corrected chi connectivity index (χ2v) is 5.25. The van der Waals surface area contributed by atoms with Crippen molar-refractivity contribution < 1.29 is 9.47 Å². The molecule has 1 heterocycles. The van der Waals surface area contributed by atoms with Gasteiger partial charge in [0, 0.05) is 37.6 Å². The van der Waals surface area contributed by atoms with Crippen molar-refractivity contribution in [2.24, 2.45) is 0 Å². The molecule has 2 atom stereocenters. The Morgan fingerprint density at radius 1 is 1.40 bits per heavy atom. The summed E-state index contributed by atoms with van der Waals surface area (Å²) >= 11 is 0. The van der Waals surface area contributed by atoms with Crippen LogP contribution in [0.15, 0.2) is 18.3 Å². The number of aromatic nitrogens is 1. The highest BCUT2D eigenvalue weighted by atomic mass is 16.5. The predicted molar refractivity (Wildman–Crippen MR) is 80.1 cm³/mol. The lowest BCUT2D eigenvalue weighted by molar-refractivity contribution is 0.0646. The summed E-state index contributed by atoms with van der Waals surface area (Å²) < 4.78 is 10.6. The monoisotopic (exact) mass is 278 g/mol. The first-order valence-corrected chi connectivity index (χ1v) is 7.60. The quantitative estimate of drug-likeness (QED) is 0.703. The molecule has 1 aliphatic carbocycles. The molecule has 1 aliphatic rings. The van der Waals surface area contributed by atoms with Gasteiger partial charge in [0.05, 0.1) is 13.2 Å². The van der Waals surface area contributed by atoms with Gasteiger partial charge in [-0.2, -0.15) is 0 Å². The number of nitrogens with zero attached hydrogens (tertiary/aromatic N) is 1. The van der Waals surface area contributed by atoms with Crippen molar-refractivity contribution in [3.05, 3.63) is 29.6 Å². The molecule has 2 rings (SSSR count). The Balaban J connectivity index is 1.89. The van der Waals surface area contributed by atoms with Crippen LogP contribution >= 0.6 is 0 Å². The van der Waals surface area contributed by atoms with Gasteiger partial charge in [0.2, 0.25) is 0 Å². The number of hydrogen-bond donors (Lipinski definition) is 1. The van der Waals surface area contributed by atoms with Gasteiger partial charge in [-0.15, -0.1) is 0 Å². The molecule has 0 amide bonds. The van der Waals surface area contributed by atoms with Crippen molar-refractivity contribution in [1.82, 2.24) is 10.3 Å². The van der Waals surface area contributed by atoms with Crippen LogP contribution in [0.3, 0.4) is 0 Å². The van der Waals surface area contributed by atoms with E-state index in [1.54, 1.807) is 7.11 Å². The molecule has 0 radical (unpaired) electrons. The summed E-state index contributed by atoms with van der Waals surface area (Å²) in [6.45, 7) is 5.27. The molecule has 20 heavy (non-hydrogen) atoms. The van der Waals surface area contributed by atoms with Gasteiger partial charge >= 0.3 is 0 Å². The van der Waals surface area contributed by atoms with Gasteiger partial charge in [-0.25, -0.2) is 0 Å². The van der Waals surface area contributed by atoms with Crippen LogP contribution < -0.4 is 5.32 Å². The highest BCUT2D eigenvalue weighted by Crippen LogP contribution is 2.34. The fourth-order valence-corrected chi connectivity index (χ4v) is 3.00. The summed E-state index contributed by atoms with van der Waals surface area (Å²) in [4.78, 5) is 4.60. The van der Waals surface area contributed by atoms with Crippen molar-refractivity contribution in [1.29, 1.82) is 0 Å². The van der Waals surface area contributed by atoms with E-state index in [9.17, 15) is 0 Å². The molecule has 0 fully saturated rings. The van der Waals surface area contributed by atoms with Crippen molar-refractivity contribution in [2.75, 3.05) is 33.5 Å². The summed E-state index contributed by atoms with van der Waals surface area (Å²) in [5.74, 6) is 0.525. The fourth-order valence-electron chi connectivity index (χ4n) is 3.00. The van der Waals surface area contributed by atoms with Gasteiger partial charge in [-0.05, 0) is 37.4 Å². The maximum absolute atomic E-state index is 5.61. The Labute approximate surface area is 121 Å². The number of aryl methyl sites for hydroxylation is 1. The molecule has 4 nitrogen and oxygen atoms in total. The van der Waals surface area contributed by atoms with E-state index >= 15 is 0 Å². The van der Waals surface area contributed by atoms with E-state index in [0.717, 1.165) is 26.0 Å². The van der Waals surface area contributed by atoms with Crippen LogP contribution in [0.5, 0.6) is 0 Å². The summed E-state index contributed by atoms with van der Waals surface area (Å²) in [5, 5.41) is 3.61. The normalized spacial score (nSPS) is 19.0. The van der Waals surface area contributed by atoms with Crippen molar-refractivity contribution in [3.63, 3.8) is 0 Å². The minimum absolute atomic E-state index is 0.457. The number of rotatable bonds is 9. The number of fused-ring (bicyclic) bond motifs is 1. The van der Waals surface area contributed by atoms with E-state index in [1.807, 2.05) is 12.3 Å². The van der Waals surface area contributed by atoms with Crippen LogP contribution in [0.4, 0.5) is 0 Å². The van der Waals surface area contributed by atoms with Crippen molar-refractivity contribution >= 4 is 0 Å². The van der Waals surface area contributed by atoms with Crippen LogP contribution in [0, 0.1) is 0 Å². The number of pyridine rings is 1. The molecular weight excluding hydrogens is 252 g/mol. The van der Waals surface area contributed by atoms with E-state index < -0.39 is 0 Å². The Hall–Kier alpha value is -0.970. The van der Waals surface area contributed by atoms with Crippen LogP contribution in [0.2, 0.25) is 0 Å². The molecule has 0 aliphatic heterocycles. The molecule has 0 bridgehead atoms. The topological polar surface area (TPSA) is 43.4 Å². The van der Waals surface area contributed by atoms with E-state index in [0.29, 0.717) is 25.2 Å². The first kappa shape index (κ1) is 15.4. The molecule has 112 valence electrons. The number of nitrogens with one attached hydrogen (secondary N) is 1. The summed E-state index contributed by atoms with van der Waals surface area (Å²) in [5.41, 5.74) is 2.70. The van der Waals surface area contributed by atoms with E-state index in [1.165, 1.54) is 17.7 Å². The van der Waals surface area contributed by atoms with Gasteiger partial charge < -0.3 is 14.8 Å². The maximum atomic E-state index is 5.61. The fraction of sp³-hybridized carbons (Fsp3) is 0.688. The molecular formula is C16H26N2O2. The van der Waals surface area contributed by atoms with Crippen LogP contribution in [-0.2, 0) is 15.9 Å². The van der Waals surface area contributed by atoms with E-state index in [4.69, 9.17) is 9.47 Å². The van der Waals surface area contributed by atoms with Gasteiger partial charge in [-0.1, -0.05) is 13.0 Å². The third kappa shape index (κ3) is 4.01. The predicted octanol–water partition coefficient (Wildman–Crippen LogP) is 2.14. The second kappa shape index (κ2) is 8.35. The Kier molecular flexibility index (Phi) is 6.43. The SMILES string of the molecule is CCNC(CCOCCOC)C1CCc2cccnc21. The minimum Gasteiger partial charge on any atom is -0.382 e. The standard InChI is InChI=1S/C16H26N2O2/c1-3-17-15(8-10-20-12-11-19-2)14-7-6-13-5-4-9-18-16(13)14/h4-5,9,14-15,17H,3,6-8,10-12H2,1-2H3. The maximum Gasteiger partial charge on any atom is 0.0700 e. The molecule has 0 saturated carbocycles. The zero-order valence-corrected chi connectivity index (χ0v) is 12.6. The summed E-state index contributed by atoms with van der Waals surface area (Å²) in [6.07, 6.45) is 5.29. The third-order valence-corrected chi connectivity index (χ3v) is 3.96. The molecule has 1 N–H and O–H groups in total. The van der Waals surface area contributed by atoms with Crippen molar-refractivity contribution in [2.45, 2.75) is 38.1 Å². The molecule has 0 aromatic carbocycles. The van der Waals surface area contributed by atoms with Gasteiger partial charge in [0.25, 0.3) is 0 Å². The first-order valence-electron chi connectivity index (χ1n) is 7.60. The van der Waals surface area contributed by atoms with Gasteiger partial charge in [0.1, 0.15) is 0 Å². The number of likely N-dealkylation sites (N-methyl/N-ethyl adjacent to an activating group) is 1. The van der Waals surface area contributed by atoms with Gasteiger partial charge in [-0.3, -0.25) is 4.98 Å². The van der Waals surface area contributed by atoms with Crippen molar-refractivity contribution in [3.8, 4) is 0 Å². The number of hydrogen-bond acceptors (Lipinski definition) is 4. The molecule has 1 aromatic rings. The highest BCUT2D eigenvalue weighted by molar-refractivity contribution is 5.29. The van der Waals surface area contributed by atoms with E-state index in [2.05, 4.69) is 23.3 Å². The van der Waals surface area contributed by atoms with Gasteiger partial charge in [0.15, 0.2) is 0 Å². The average molecular weight is 278 g/mol. The zero-order chi connectivity index (χ0) is 14.2. The third-order valence-electron chi connectivity index (χ3n) is 3.96. The van der Waals surface area contributed by atoms with E-state index in [-0.39, 0.29) is 0 Å². The van der Waals surface area contributed by atoms with Crippen LogP contribution in [0.1, 0.15) is 36.9 Å². The Morgan fingerprint density at radius 2 is 2.30 bits per heavy atom. The molecule has 4 heteroatoms. The number of methoxy groups -OCH3 is 1. The Bertz CT molecular complexity index is 398. The highest BCUT2D eigenvalue weighted by Gasteiger charge is 2.30. The number of ether oxygens (including phenoxy) is 2. The lowest BCUT2D eigenvalue weighted by Crippen LogP contribution is -2.35. The molecule has 2 unspecified atom stereocenters. The molecule has 0 spiro atoms. The first-order chi connectivity index (χ1) is 9.86. The lowest BCUT2D eigenvalue weighted by atomic mass is 9.94. The summed E-state index contributed by atoms with van der Waals surface area (Å²) in [6, 6.07) is 4.70. The van der Waals surface area contributed by atoms with Crippen LogP contribution in [-0.4, -0.2) is 44.5 Å². The second-order valence-electron chi connectivity index (χ2n) is 5.25. The van der Waals surface area contributed by atoms with Crippen LogP contribution in [0.25, 0.3) is 0 Å². The summed E-state index contributed by atoms with van der Waals surface area (Å²) in [7, 11) is 1.70. The lowest BCUT2D eigenvalue weighted by Gasteiger charge is -2.24. The molecule has 0 saturated heterocycles. The largest absolute Gasteiger partial charge is 0.382 e.